The molecule has 0 aromatic heterocycles. The van der Waals surface area contributed by atoms with Crippen LogP contribution in [-0.2, 0) is 11.2 Å². The van der Waals surface area contributed by atoms with Crippen LogP contribution in [0.4, 0.5) is 0 Å². The Morgan fingerprint density at radius 1 is 0.571 bits per heavy atom. The lowest BCUT2D eigenvalue weighted by atomic mass is 10.0. The molecule has 0 bridgehead atoms. The maximum absolute atomic E-state index is 12.5. The standard InChI is InChI=1S/C39H62O3/c1-4-6-8-9-10-11-12-13-14-15-16-17-18-19-20-21-22-23-33-41-34(3)36-29-31-38(32-30-36)42-39(40)37-27-25-35(26-28-37)24-7-5-2/h25-32,34H,4-24,33H2,1-3H3. The molecule has 0 radical (unpaired) electrons. The van der Waals surface area contributed by atoms with Crippen LogP contribution in [0.3, 0.4) is 0 Å². The summed E-state index contributed by atoms with van der Waals surface area (Å²) in [5.41, 5.74) is 2.95. The number of hydrogen-bond donors (Lipinski definition) is 0. The zero-order chi connectivity index (χ0) is 30.1. The summed E-state index contributed by atoms with van der Waals surface area (Å²) in [5, 5.41) is 0. The Hall–Kier alpha value is -2.13. The normalized spacial score (nSPS) is 12.0. The van der Waals surface area contributed by atoms with E-state index in [4.69, 9.17) is 9.47 Å². The van der Waals surface area contributed by atoms with Gasteiger partial charge in [-0.3, -0.25) is 0 Å². The summed E-state index contributed by atoms with van der Waals surface area (Å²) < 4.78 is 11.7. The third-order valence-electron chi connectivity index (χ3n) is 8.43. The highest BCUT2D eigenvalue weighted by Gasteiger charge is 2.10. The molecule has 0 saturated heterocycles. The molecule has 42 heavy (non-hydrogen) atoms. The maximum atomic E-state index is 12.5. The predicted octanol–water partition coefficient (Wildman–Crippen LogP) is 12.4. The van der Waals surface area contributed by atoms with Gasteiger partial charge in [0.25, 0.3) is 0 Å². The number of hydrogen-bond acceptors (Lipinski definition) is 3. The second kappa shape index (κ2) is 24.3. The highest BCUT2D eigenvalue weighted by Crippen LogP contribution is 2.22. The van der Waals surface area contributed by atoms with Crippen LogP contribution in [-0.4, -0.2) is 12.6 Å². The van der Waals surface area contributed by atoms with Crippen molar-refractivity contribution < 1.29 is 14.3 Å². The predicted molar refractivity (Wildman–Crippen MR) is 180 cm³/mol. The largest absolute Gasteiger partial charge is 0.423 e. The number of esters is 1. The van der Waals surface area contributed by atoms with Gasteiger partial charge in [0.15, 0.2) is 0 Å². The molecule has 0 aliphatic carbocycles. The summed E-state index contributed by atoms with van der Waals surface area (Å²) in [5.74, 6) is 0.248. The number of aryl methyl sites for hydroxylation is 1. The molecule has 0 fully saturated rings. The molecule has 0 amide bonds. The lowest BCUT2D eigenvalue weighted by Gasteiger charge is -2.14. The van der Waals surface area contributed by atoms with Gasteiger partial charge in [0.1, 0.15) is 5.75 Å². The molecule has 1 atom stereocenters. The van der Waals surface area contributed by atoms with Gasteiger partial charge in [-0.25, -0.2) is 4.79 Å². The van der Waals surface area contributed by atoms with Crippen LogP contribution in [0, 0.1) is 0 Å². The van der Waals surface area contributed by atoms with Gasteiger partial charge < -0.3 is 9.47 Å². The van der Waals surface area contributed by atoms with Crippen molar-refractivity contribution in [3.63, 3.8) is 0 Å². The van der Waals surface area contributed by atoms with Crippen LogP contribution >= 0.6 is 0 Å². The quantitative estimate of drug-likeness (QED) is 0.0632. The molecule has 0 saturated carbocycles. The summed E-state index contributed by atoms with van der Waals surface area (Å²) in [6, 6.07) is 15.5. The minimum Gasteiger partial charge on any atom is -0.423 e. The summed E-state index contributed by atoms with van der Waals surface area (Å²) in [4.78, 5) is 12.5. The van der Waals surface area contributed by atoms with Gasteiger partial charge in [-0.15, -0.1) is 0 Å². The van der Waals surface area contributed by atoms with Crippen molar-refractivity contribution in [1.82, 2.24) is 0 Å². The Morgan fingerprint density at radius 2 is 1.02 bits per heavy atom. The second-order valence-electron chi connectivity index (χ2n) is 12.3. The van der Waals surface area contributed by atoms with E-state index in [9.17, 15) is 4.79 Å². The SMILES string of the molecule is CCCCCCCCCCCCCCCCCCCCOC(C)c1ccc(OC(=O)c2ccc(CCCC)cc2)cc1. The molecule has 0 N–H and O–H groups in total. The first-order chi connectivity index (χ1) is 20.6. The lowest BCUT2D eigenvalue weighted by Crippen LogP contribution is -2.08. The van der Waals surface area contributed by atoms with E-state index in [1.54, 1.807) is 0 Å². The van der Waals surface area contributed by atoms with Crippen LogP contribution in [0.1, 0.15) is 177 Å². The monoisotopic (exact) mass is 578 g/mol. The molecule has 236 valence electrons. The van der Waals surface area contributed by atoms with Gasteiger partial charge in [0.05, 0.1) is 11.7 Å². The topological polar surface area (TPSA) is 35.5 Å². The van der Waals surface area contributed by atoms with Crippen LogP contribution in [0.25, 0.3) is 0 Å². The fourth-order valence-corrected chi connectivity index (χ4v) is 5.52. The molecule has 3 heteroatoms. The number of rotatable bonds is 26. The van der Waals surface area contributed by atoms with Crippen LogP contribution in [0.5, 0.6) is 5.75 Å². The average molecular weight is 579 g/mol. The first-order valence-corrected chi connectivity index (χ1v) is 17.7. The minimum absolute atomic E-state index is 0.0382. The first-order valence-electron chi connectivity index (χ1n) is 17.7. The Bertz CT molecular complexity index is 902. The van der Waals surface area contributed by atoms with E-state index in [0.29, 0.717) is 11.3 Å². The first kappa shape index (κ1) is 36.1. The van der Waals surface area contributed by atoms with Crippen molar-refractivity contribution in [1.29, 1.82) is 0 Å². The van der Waals surface area contributed by atoms with E-state index in [1.165, 1.54) is 121 Å². The fourth-order valence-electron chi connectivity index (χ4n) is 5.52. The zero-order valence-electron chi connectivity index (χ0n) is 27.5. The van der Waals surface area contributed by atoms with Crippen molar-refractivity contribution >= 4 is 5.97 Å². The Morgan fingerprint density at radius 3 is 1.50 bits per heavy atom. The third kappa shape index (κ3) is 17.1. The highest BCUT2D eigenvalue weighted by atomic mass is 16.5. The van der Waals surface area contributed by atoms with E-state index < -0.39 is 0 Å². The van der Waals surface area contributed by atoms with E-state index in [1.807, 2.05) is 48.5 Å². The Kier molecular flexibility index (Phi) is 20.9. The van der Waals surface area contributed by atoms with E-state index in [2.05, 4.69) is 20.8 Å². The van der Waals surface area contributed by atoms with Gasteiger partial charge >= 0.3 is 5.97 Å². The van der Waals surface area contributed by atoms with Crippen molar-refractivity contribution in [2.75, 3.05) is 6.61 Å². The molecule has 2 aromatic rings. The van der Waals surface area contributed by atoms with Gasteiger partial charge in [-0.05, 0) is 61.6 Å². The van der Waals surface area contributed by atoms with Gasteiger partial charge in [-0.1, -0.05) is 154 Å². The van der Waals surface area contributed by atoms with Crippen molar-refractivity contribution in [2.24, 2.45) is 0 Å². The van der Waals surface area contributed by atoms with Crippen molar-refractivity contribution in [3.05, 3.63) is 65.2 Å². The third-order valence-corrected chi connectivity index (χ3v) is 8.43. The van der Waals surface area contributed by atoms with Crippen LogP contribution in [0.15, 0.2) is 48.5 Å². The smallest absolute Gasteiger partial charge is 0.343 e. The van der Waals surface area contributed by atoms with E-state index in [-0.39, 0.29) is 12.1 Å². The molecule has 1 unspecified atom stereocenters. The van der Waals surface area contributed by atoms with Gasteiger partial charge in [0.2, 0.25) is 0 Å². The Balaban J connectivity index is 1.43. The second-order valence-corrected chi connectivity index (χ2v) is 12.3. The van der Waals surface area contributed by atoms with Gasteiger partial charge in [-0.2, -0.15) is 0 Å². The zero-order valence-corrected chi connectivity index (χ0v) is 27.5. The summed E-state index contributed by atoms with van der Waals surface area (Å²) in [6.07, 6.45) is 28.5. The molecule has 0 aliphatic heterocycles. The van der Waals surface area contributed by atoms with Crippen molar-refractivity contribution in [2.45, 2.75) is 162 Å². The summed E-state index contributed by atoms with van der Waals surface area (Å²) in [6.45, 7) is 7.37. The molecule has 2 aromatic carbocycles. The summed E-state index contributed by atoms with van der Waals surface area (Å²) in [7, 11) is 0. The number of ether oxygens (including phenoxy) is 2. The number of unbranched alkanes of at least 4 members (excludes halogenated alkanes) is 18. The number of benzene rings is 2. The van der Waals surface area contributed by atoms with Crippen LogP contribution < -0.4 is 4.74 Å². The molecule has 2 rings (SSSR count). The maximum Gasteiger partial charge on any atom is 0.343 e. The van der Waals surface area contributed by atoms with Gasteiger partial charge in [0, 0.05) is 6.61 Å². The number of carbonyl (C=O) groups is 1. The highest BCUT2D eigenvalue weighted by molar-refractivity contribution is 5.91. The van der Waals surface area contributed by atoms with E-state index in [0.717, 1.165) is 31.4 Å². The minimum atomic E-state index is -0.317. The van der Waals surface area contributed by atoms with E-state index >= 15 is 0 Å². The molecule has 0 spiro atoms. The number of carbonyl (C=O) groups excluding carboxylic acids is 1. The molecular weight excluding hydrogens is 516 g/mol. The summed E-state index contributed by atoms with van der Waals surface area (Å²) >= 11 is 0. The van der Waals surface area contributed by atoms with Crippen molar-refractivity contribution in [3.8, 4) is 5.75 Å². The average Bonchev–Trinajstić information content (AvgIpc) is 3.01. The van der Waals surface area contributed by atoms with Crippen LogP contribution in [0.2, 0.25) is 0 Å². The molecule has 0 aliphatic rings. The lowest BCUT2D eigenvalue weighted by molar-refractivity contribution is 0.0627. The molecular formula is C39H62O3. The molecule has 3 nitrogen and oxygen atoms in total. The fraction of sp³-hybridized carbons (Fsp3) is 0.667. The Labute approximate surface area is 259 Å². The molecule has 0 heterocycles.